The van der Waals surface area contributed by atoms with Crippen molar-refractivity contribution in [2.24, 2.45) is 0 Å². The molecule has 0 amide bonds. The number of para-hydroxylation sites is 2. The number of esters is 1. The van der Waals surface area contributed by atoms with E-state index in [0.717, 1.165) is 5.52 Å². The number of nitrogen functional groups attached to an aromatic ring is 1. The summed E-state index contributed by atoms with van der Waals surface area (Å²) in [5, 5.41) is 7.25. The third kappa shape index (κ3) is 1.87. The fourth-order valence-electron chi connectivity index (χ4n) is 1.96. The molecule has 2 aromatic heterocycles. The van der Waals surface area contributed by atoms with E-state index >= 15 is 0 Å². The second kappa shape index (κ2) is 4.65. The molecule has 2 heterocycles. The van der Waals surface area contributed by atoms with Crippen LogP contribution in [0.5, 0.6) is 0 Å². The van der Waals surface area contributed by atoms with E-state index in [-0.39, 0.29) is 12.4 Å². The summed E-state index contributed by atoms with van der Waals surface area (Å²) < 4.78 is 10.9. The van der Waals surface area contributed by atoms with E-state index in [1.807, 2.05) is 24.3 Å². The third-order valence-corrected chi connectivity index (χ3v) is 2.90. The lowest BCUT2D eigenvalue weighted by molar-refractivity contribution is -0.141. The smallest absolute Gasteiger partial charge is 0.325 e. The maximum atomic E-state index is 11.6. The molecule has 0 aliphatic rings. The van der Waals surface area contributed by atoms with E-state index in [1.54, 1.807) is 4.57 Å². The van der Waals surface area contributed by atoms with Gasteiger partial charge < -0.3 is 15.0 Å². The zero-order valence-electron chi connectivity index (χ0n) is 10.6. The second-order valence-corrected chi connectivity index (χ2v) is 4.08. The van der Waals surface area contributed by atoms with E-state index in [9.17, 15) is 4.79 Å². The van der Waals surface area contributed by atoms with Crippen molar-refractivity contribution in [3.8, 4) is 11.5 Å². The molecule has 0 aliphatic carbocycles. The van der Waals surface area contributed by atoms with Crippen molar-refractivity contribution in [2.75, 3.05) is 12.8 Å². The number of rotatable bonds is 3. The molecule has 0 aliphatic heterocycles. The van der Waals surface area contributed by atoms with Crippen LogP contribution >= 0.6 is 0 Å². The highest BCUT2D eigenvalue weighted by atomic mass is 16.6. The number of hydrogen-bond donors (Lipinski definition) is 1. The van der Waals surface area contributed by atoms with Crippen LogP contribution in [0.25, 0.3) is 22.6 Å². The van der Waals surface area contributed by atoms with E-state index in [2.05, 4.69) is 19.9 Å². The van der Waals surface area contributed by atoms with Gasteiger partial charge in [0.15, 0.2) is 17.3 Å². The Morgan fingerprint density at radius 1 is 1.40 bits per heavy atom. The third-order valence-electron chi connectivity index (χ3n) is 2.90. The molecule has 0 saturated carbocycles. The second-order valence-electron chi connectivity index (χ2n) is 4.08. The summed E-state index contributed by atoms with van der Waals surface area (Å²) in [6.07, 6.45) is 0. The van der Waals surface area contributed by atoms with Gasteiger partial charge in [0, 0.05) is 0 Å². The van der Waals surface area contributed by atoms with E-state index in [1.165, 1.54) is 7.11 Å². The minimum absolute atomic E-state index is 0.00134. The highest BCUT2D eigenvalue weighted by molar-refractivity contribution is 5.83. The van der Waals surface area contributed by atoms with Gasteiger partial charge in [-0.2, -0.15) is 0 Å². The lowest BCUT2D eigenvalue weighted by atomic mass is 10.3. The average Bonchev–Trinajstić information content (AvgIpc) is 3.03. The summed E-state index contributed by atoms with van der Waals surface area (Å²) in [6, 6.07) is 7.38. The molecule has 1 aromatic carbocycles. The fourth-order valence-corrected chi connectivity index (χ4v) is 1.96. The Hall–Kier alpha value is -2.90. The lowest BCUT2D eigenvalue weighted by Gasteiger charge is -2.05. The summed E-state index contributed by atoms with van der Waals surface area (Å²) in [6.45, 7) is -0.00134. The number of imidazole rings is 1. The van der Waals surface area contributed by atoms with Gasteiger partial charge in [-0.3, -0.25) is 4.79 Å². The molecule has 2 N–H and O–H groups in total. The van der Waals surface area contributed by atoms with Gasteiger partial charge in [0.1, 0.15) is 6.54 Å². The monoisotopic (exact) mass is 273 g/mol. The van der Waals surface area contributed by atoms with Gasteiger partial charge in [-0.05, 0) is 22.4 Å². The first-order valence-electron chi connectivity index (χ1n) is 5.81. The first kappa shape index (κ1) is 12.2. The Bertz CT molecular complexity index is 776. The van der Waals surface area contributed by atoms with Crippen molar-refractivity contribution in [1.82, 2.24) is 19.9 Å². The number of ether oxygens (including phenoxy) is 1. The molecule has 0 saturated heterocycles. The Labute approximate surface area is 113 Å². The van der Waals surface area contributed by atoms with Crippen molar-refractivity contribution in [2.45, 2.75) is 6.54 Å². The van der Waals surface area contributed by atoms with Crippen molar-refractivity contribution in [3.05, 3.63) is 24.3 Å². The van der Waals surface area contributed by atoms with Gasteiger partial charge in [0.05, 0.1) is 18.1 Å². The molecule has 0 spiro atoms. The molecule has 8 nitrogen and oxygen atoms in total. The molecule has 0 fully saturated rings. The number of carbonyl (C=O) groups excluding carboxylic acids is 1. The van der Waals surface area contributed by atoms with Gasteiger partial charge in [0.25, 0.3) is 0 Å². The van der Waals surface area contributed by atoms with Gasteiger partial charge in [-0.25, -0.2) is 9.61 Å². The number of benzene rings is 1. The number of nitrogens with zero attached hydrogens (tertiary/aromatic N) is 4. The minimum Gasteiger partial charge on any atom is -0.468 e. The van der Waals surface area contributed by atoms with Crippen LogP contribution in [-0.2, 0) is 16.1 Å². The molecule has 0 atom stereocenters. The van der Waals surface area contributed by atoms with E-state index < -0.39 is 5.97 Å². The van der Waals surface area contributed by atoms with Crippen LogP contribution in [0.1, 0.15) is 0 Å². The maximum Gasteiger partial charge on any atom is 0.325 e. The van der Waals surface area contributed by atoms with Gasteiger partial charge in [0.2, 0.25) is 0 Å². The molecule has 102 valence electrons. The molecule has 3 rings (SSSR count). The highest BCUT2D eigenvalue weighted by Gasteiger charge is 2.20. The molecule has 0 bridgehead atoms. The lowest BCUT2D eigenvalue weighted by Crippen LogP contribution is -2.13. The molecular formula is C12H11N5O3. The largest absolute Gasteiger partial charge is 0.468 e. The summed E-state index contributed by atoms with van der Waals surface area (Å²) >= 11 is 0. The zero-order valence-corrected chi connectivity index (χ0v) is 10.6. The van der Waals surface area contributed by atoms with Crippen LogP contribution in [0, 0.1) is 0 Å². The minimum atomic E-state index is -0.399. The predicted molar refractivity (Wildman–Crippen MR) is 69.5 cm³/mol. The topological polar surface area (TPSA) is 109 Å². The fraction of sp³-hybridized carbons (Fsp3) is 0.167. The number of aromatic nitrogens is 4. The number of nitrogens with two attached hydrogens (primary N) is 1. The van der Waals surface area contributed by atoms with Gasteiger partial charge in [-0.1, -0.05) is 12.1 Å². The number of methoxy groups -OCH3 is 1. The molecule has 8 heteroatoms. The Kier molecular flexibility index (Phi) is 2.82. The summed E-state index contributed by atoms with van der Waals surface area (Å²) in [5.41, 5.74) is 7.48. The maximum absolute atomic E-state index is 11.6. The first-order chi connectivity index (χ1) is 9.70. The van der Waals surface area contributed by atoms with Crippen LogP contribution in [0.3, 0.4) is 0 Å². The average molecular weight is 273 g/mol. The van der Waals surface area contributed by atoms with E-state index in [0.29, 0.717) is 17.0 Å². The van der Waals surface area contributed by atoms with E-state index in [4.69, 9.17) is 10.5 Å². The van der Waals surface area contributed by atoms with Crippen LogP contribution in [0.15, 0.2) is 28.9 Å². The summed E-state index contributed by atoms with van der Waals surface area (Å²) in [5.74, 6) is 0.131. The molecule has 0 radical (unpaired) electrons. The Morgan fingerprint density at radius 3 is 2.90 bits per heavy atom. The molecule has 3 aromatic rings. The SMILES string of the molecule is COC(=O)Cn1c(-c2nonc2N)nc2ccccc21. The van der Waals surface area contributed by atoms with Gasteiger partial charge in [-0.15, -0.1) is 0 Å². The van der Waals surface area contributed by atoms with Crippen LogP contribution < -0.4 is 5.73 Å². The normalized spacial score (nSPS) is 10.8. The molecule has 0 unspecified atom stereocenters. The van der Waals surface area contributed by atoms with Crippen LogP contribution in [-0.4, -0.2) is 32.9 Å². The standard InChI is InChI=1S/C12H11N5O3/c1-19-9(18)6-17-8-5-3-2-4-7(8)14-12(17)10-11(13)16-20-15-10/h2-5H,6H2,1H3,(H2,13,16). The van der Waals surface area contributed by atoms with Gasteiger partial charge >= 0.3 is 5.97 Å². The van der Waals surface area contributed by atoms with Crippen LogP contribution in [0.4, 0.5) is 5.82 Å². The Morgan fingerprint density at radius 2 is 2.20 bits per heavy atom. The number of fused-ring (bicyclic) bond motifs is 1. The van der Waals surface area contributed by atoms with Crippen molar-refractivity contribution in [3.63, 3.8) is 0 Å². The van der Waals surface area contributed by atoms with Crippen LogP contribution in [0.2, 0.25) is 0 Å². The summed E-state index contributed by atoms with van der Waals surface area (Å²) in [7, 11) is 1.33. The quantitative estimate of drug-likeness (QED) is 0.704. The summed E-state index contributed by atoms with van der Waals surface area (Å²) in [4.78, 5) is 16.0. The van der Waals surface area contributed by atoms with Crippen molar-refractivity contribution < 1.29 is 14.2 Å². The zero-order chi connectivity index (χ0) is 14.1. The number of hydrogen-bond acceptors (Lipinski definition) is 7. The van der Waals surface area contributed by atoms with Crippen molar-refractivity contribution in [1.29, 1.82) is 0 Å². The number of anilines is 1. The first-order valence-corrected chi connectivity index (χ1v) is 5.81. The molecular weight excluding hydrogens is 262 g/mol. The Balaban J connectivity index is 2.22. The molecule has 20 heavy (non-hydrogen) atoms. The number of carbonyl (C=O) groups is 1. The predicted octanol–water partition coefficient (Wildman–Crippen LogP) is 0.841. The highest BCUT2D eigenvalue weighted by Crippen LogP contribution is 2.26. The van der Waals surface area contributed by atoms with Crippen molar-refractivity contribution >= 4 is 22.8 Å².